The minimum absolute atomic E-state index is 0.0350. The number of ketones is 1. The molecule has 0 fully saturated rings. The largest absolute Gasteiger partial charge is 0.493 e. The molecule has 1 aliphatic heterocycles. The third-order valence-corrected chi connectivity index (χ3v) is 6.48. The van der Waals surface area contributed by atoms with Gasteiger partial charge >= 0.3 is 5.97 Å². The molecule has 1 heterocycles. The Morgan fingerprint density at radius 1 is 1.06 bits per heavy atom. The Bertz CT molecular complexity index is 1180. The van der Waals surface area contributed by atoms with Crippen LogP contribution >= 0.6 is 0 Å². The van der Waals surface area contributed by atoms with E-state index in [1.54, 1.807) is 7.11 Å². The molecule has 4 rings (SSSR count). The van der Waals surface area contributed by atoms with Gasteiger partial charge in [-0.15, -0.1) is 0 Å². The zero-order valence-corrected chi connectivity index (χ0v) is 21.0. The maximum Gasteiger partial charge on any atom is 0.337 e. The van der Waals surface area contributed by atoms with Crippen molar-refractivity contribution in [3.05, 3.63) is 82.2 Å². The summed E-state index contributed by atoms with van der Waals surface area (Å²) in [5, 5.41) is 3.39. The van der Waals surface area contributed by atoms with Gasteiger partial charge in [-0.05, 0) is 63.3 Å². The molecule has 1 N–H and O–H groups in total. The molecule has 0 aromatic heterocycles. The lowest BCUT2D eigenvalue weighted by Crippen LogP contribution is -2.36. The van der Waals surface area contributed by atoms with Crippen LogP contribution in [0.25, 0.3) is 0 Å². The Hall–Kier alpha value is -3.54. The number of Topliss-reactive ketones (excluding diaryl/α,β-unsaturated/α-hetero) is 1. The summed E-state index contributed by atoms with van der Waals surface area (Å²) in [4.78, 5) is 27.0. The van der Waals surface area contributed by atoms with Gasteiger partial charge in [0.2, 0.25) is 0 Å². The van der Waals surface area contributed by atoms with Crippen LogP contribution in [0.5, 0.6) is 11.5 Å². The van der Waals surface area contributed by atoms with E-state index in [4.69, 9.17) is 14.2 Å². The van der Waals surface area contributed by atoms with Crippen LogP contribution in [-0.4, -0.2) is 31.6 Å². The van der Waals surface area contributed by atoms with Gasteiger partial charge in [0.05, 0.1) is 25.4 Å². The Morgan fingerprint density at radius 2 is 1.80 bits per heavy atom. The van der Waals surface area contributed by atoms with Gasteiger partial charge in [-0.25, -0.2) is 4.79 Å². The first-order valence-corrected chi connectivity index (χ1v) is 12.1. The van der Waals surface area contributed by atoms with Crippen molar-refractivity contribution in [3.63, 3.8) is 0 Å². The summed E-state index contributed by atoms with van der Waals surface area (Å²) < 4.78 is 16.9. The number of nitrogens with one attached hydrogen (secondary N) is 1. The number of rotatable bonds is 7. The van der Waals surface area contributed by atoms with Gasteiger partial charge in [0.1, 0.15) is 0 Å². The van der Waals surface area contributed by atoms with Crippen LogP contribution in [-0.2, 0) is 14.3 Å². The van der Waals surface area contributed by atoms with Crippen LogP contribution in [0.1, 0.15) is 63.5 Å². The van der Waals surface area contributed by atoms with Crippen molar-refractivity contribution in [2.75, 3.05) is 13.7 Å². The lowest BCUT2D eigenvalue weighted by Gasteiger charge is -2.37. The molecule has 6 nitrogen and oxygen atoms in total. The fourth-order valence-electron chi connectivity index (χ4n) is 5.02. The van der Waals surface area contributed by atoms with Gasteiger partial charge in [-0.3, -0.25) is 4.79 Å². The van der Waals surface area contributed by atoms with Gasteiger partial charge in [0.15, 0.2) is 17.3 Å². The molecular formula is C29H33NO5. The van der Waals surface area contributed by atoms with Gasteiger partial charge in [-0.2, -0.15) is 0 Å². The number of carbonyl (C=O) groups is 2. The van der Waals surface area contributed by atoms with Gasteiger partial charge in [0, 0.05) is 29.3 Å². The highest BCUT2D eigenvalue weighted by Gasteiger charge is 2.41. The average molecular weight is 476 g/mol. The number of methoxy groups -OCH3 is 1. The molecule has 2 aliphatic rings. The van der Waals surface area contributed by atoms with Crippen LogP contribution in [0.15, 0.2) is 71.1 Å². The minimum Gasteiger partial charge on any atom is -0.493 e. The van der Waals surface area contributed by atoms with Gasteiger partial charge in [0.25, 0.3) is 0 Å². The van der Waals surface area contributed by atoms with Crippen LogP contribution in [0.2, 0.25) is 0 Å². The molecule has 1 aliphatic carbocycles. The first-order chi connectivity index (χ1) is 16.8. The number of allylic oxidation sites excluding steroid dienone is 3. The predicted octanol–water partition coefficient (Wildman–Crippen LogP) is 5.41. The molecule has 0 saturated heterocycles. The van der Waals surface area contributed by atoms with Crippen molar-refractivity contribution in [1.82, 2.24) is 5.32 Å². The van der Waals surface area contributed by atoms with E-state index in [2.05, 4.69) is 17.4 Å². The SMILES string of the molecule is CCOc1ccc(C2C(C(=O)OC(C)C)=C(C)NC3=C2C(=O)CC(c2ccccc2)C3)cc1OC. The molecule has 184 valence electrons. The molecule has 2 atom stereocenters. The lowest BCUT2D eigenvalue weighted by molar-refractivity contribution is -0.143. The Balaban J connectivity index is 1.82. The fraction of sp³-hybridized carbons (Fsp3) is 0.379. The van der Waals surface area contributed by atoms with Crippen molar-refractivity contribution in [2.45, 2.75) is 58.5 Å². The first kappa shape index (κ1) is 24.6. The topological polar surface area (TPSA) is 73.9 Å². The van der Waals surface area contributed by atoms with Crippen LogP contribution in [0.3, 0.4) is 0 Å². The second-order valence-corrected chi connectivity index (χ2v) is 9.23. The fourth-order valence-corrected chi connectivity index (χ4v) is 5.02. The number of ether oxygens (including phenoxy) is 3. The van der Waals surface area contributed by atoms with Crippen molar-refractivity contribution < 1.29 is 23.8 Å². The number of esters is 1. The molecule has 35 heavy (non-hydrogen) atoms. The van der Waals surface area contributed by atoms with Crippen molar-refractivity contribution in [3.8, 4) is 11.5 Å². The maximum absolute atomic E-state index is 13.7. The minimum atomic E-state index is -0.550. The number of carbonyl (C=O) groups excluding carboxylic acids is 2. The van der Waals surface area contributed by atoms with Crippen molar-refractivity contribution in [1.29, 1.82) is 0 Å². The Labute approximate surface area is 207 Å². The number of hydrogen-bond donors (Lipinski definition) is 1. The highest BCUT2D eigenvalue weighted by molar-refractivity contribution is 6.04. The van der Waals surface area contributed by atoms with E-state index < -0.39 is 11.9 Å². The van der Waals surface area contributed by atoms with E-state index in [9.17, 15) is 9.59 Å². The van der Waals surface area contributed by atoms with E-state index in [1.807, 2.05) is 64.1 Å². The second kappa shape index (κ2) is 10.4. The summed E-state index contributed by atoms with van der Waals surface area (Å²) in [5.74, 6) is 0.326. The Morgan fingerprint density at radius 3 is 2.46 bits per heavy atom. The lowest BCUT2D eigenvalue weighted by atomic mass is 9.71. The smallest absolute Gasteiger partial charge is 0.337 e. The van der Waals surface area contributed by atoms with E-state index in [-0.39, 0.29) is 17.8 Å². The zero-order valence-electron chi connectivity index (χ0n) is 21.0. The molecule has 0 bridgehead atoms. The van der Waals surface area contributed by atoms with Crippen LogP contribution in [0, 0.1) is 0 Å². The molecular weight excluding hydrogens is 442 g/mol. The van der Waals surface area contributed by atoms with Gasteiger partial charge < -0.3 is 19.5 Å². The summed E-state index contributed by atoms with van der Waals surface area (Å²) in [6, 6.07) is 15.7. The summed E-state index contributed by atoms with van der Waals surface area (Å²) in [7, 11) is 1.58. The number of benzene rings is 2. The van der Waals surface area contributed by atoms with Gasteiger partial charge in [-0.1, -0.05) is 36.4 Å². The van der Waals surface area contributed by atoms with Crippen LogP contribution in [0.4, 0.5) is 0 Å². The molecule has 6 heteroatoms. The highest BCUT2D eigenvalue weighted by atomic mass is 16.5. The summed E-state index contributed by atoms with van der Waals surface area (Å²) in [5.41, 5.74) is 4.58. The summed E-state index contributed by atoms with van der Waals surface area (Å²) >= 11 is 0. The highest BCUT2D eigenvalue weighted by Crippen LogP contribution is 2.47. The predicted molar refractivity (Wildman–Crippen MR) is 134 cm³/mol. The molecule has 2 aromatic rings. The second-order valence-electron chi connectivity index (χ2n) is 9.23. The normalized spacial score (nSPS) is 19.9. The maximum atomic E-state index is 13.7. The third kappa shape index (κ3) is 4.97. The molecule has 2 unspecified atom stereocenters. The summed E-state index contributed by atoms with van der Waals surface area (Å²) in [6.07, 6.45) is 0.804. The van der Waals surface area contributed by atoms with E-state index in [0.29, 0.717) is 47.8 Å². The molecule has 2 aromatic carbocycles. The van der Waals surface area contributed by atoms with E-state index in [0.717, 1.165) is 16.8 Å². The molecule has 0 spiro atoms. The molecule has 0 saturated carbocycles. The molecule has 0 amide bonds. The first-order valence-electron chi connectivity index (χ1n) is 12.1. The Kier molecular flexibility index (Phi) is 7.29. The van der Waals surface area contributed by atoms with E-state index >= 15 is 0 Å². The average Bonchev–Trinajstić information content (AvgIpc) is 2.83. The van der Waals surface area contributed by atoms with Crippen LogP contribution < -0.4 is 14.8 Å². The van der Waals surface area contributed by atoms with Crippen molar-refractivity contribution in [2.24, 2.45) is 0 Å². The number of dihydropyridines is 1. The quantitative estimate of drug-likeness (QED) is 0.540. The summed E-state index contributed by atoms with van der Waals surface area (Å²) in [6.45, 7) is 7.92. The van der Waals surface area contributed by atoms with E-state index in [1.165, 1.54) is 0 Å². The molecule has 0 radical (unpaired) electrons. The monoisotopic (exact) mass is 475 g/mol. The standard InChI is InChI=1S/C29H33NO5/c1-6-34-24-13-12-20(16-25(24)33-5)27-26(29(32)35-17(2)3)18(4)30-22-14-21(15-23(31)28(22)27)19-10-8-7-9-11-19/h7-13,16-17,21,27,30H,6,14-15H2,1-5H3. The number of hydrogen-bond acceptors (Lipinski definition) is 6. The zero-order chi connectivity index (χ0) is 25.1. The van der Waals surface area contributed by atoms with Crippen molar-refractivity contribution >= 4 is 11.8 Å². The third-order valence-electron chi connectivity index (χ3n) is 6.48.